The van der Waals surface area contributed by atoms with Crippen molar-refractivity contribution in [1.82, 2.24) is 20.2 Å². The van der Waals surface area contributed by atoms with Gasteiger partial charge in [-0.3, -0.25) is 4.79 Å². The number of aromatic nitrogens is 4. The minimum Gasteiger partial charge on any atom is -0.497 e. The number of hydrogen-bond donors (Lipinski definition) is 1. The van der Waals surface area contributed by atoms with Crippen LogP contribution < -0.4 is 15.0 Å². The number of nitrogens with one attached hydrogen (secondary N) is 1. The Hall–Kier alpha value is -3.42. The van der Waals surface area contributed by atoms with Gasteiger partial charge in [0, 0.05) is 12.7 Å². The minimum absolute atomic E-state index is 0.110. The quantitative estimate of drug-likeness (QED) is 0.737. The van der Waals surface area contributed by atoms with E-state index < -0.39 is 0 Å². The summed E-state index contributed by atoms with van der Waals surface area (Å²) in [4.78, 5) is 13.9. The molecule has 3 aromatic rings. The van der Waals surface area contributed by atoms with Crippen LogP contribution in [0.5, 0.6) is 5.75 Å². The number of para-hydroxylation sites is 1. The van der Waals surface area contributed by atoms with Crippen molar-refractivity contribution in [2.45, 2.75) is 0 Å². The summed E-state index contributed by atoms with van der Waals surface area (Å²) in [7, 11) is 3.36. The van der Waals surface area contributed by atoms with Crippen molar-refractivity contribution in [1.29, 1.82) is 0 Å². The number of tetrazole rings is 1. The number of benzene rings is 2. The number of nitrogens with zero attached hydrogens (tertiary/aromatic N) is 5. The second-order valence-corrected chi connectivity index (χ2v) is 5.36. The Bertz CT molecular complexity index is 832. The highest BCUT2D eigenvalue weighted by Gasteiger charge is 2.15. The lowest BCUT2D eigenvalue weighted by Gasteiger charge is -2.17. The third-order valence-corrected chi connectivity index (χ3v) is 3.55. The number of carbonyl (C=O) groups is 1. The highest BCUT2D eigenvalue weighted by molar-refractivity contribution is 5.93. The molecule has 1 aromatic heterocycles. The molecule has 0 aliphatic heterocycles. The maximum Gasteiger partial charge on any atom is 0.250 e. The van der Waals surface area contributed by atoms with E-state index in [4.69, 9.17) is 4.74 Å². The van der Waals surface area contributed by atoms with Gasteiger partial charge in [0.15, 0.2) is 0 Å². The van der Waals surface area contributed by atoms with Crippen LogP contribution in [0.4, 0.5) is 11.6 Å². The van der Waals surface area contributed by atoms with Crippen LogP contribution in [0.25, 0.3) is 5.69 Å². The lowest BCUT2D eigenvalue weighted by molar-refractivity contribution is -0.114. The number of ether oxygens (including phenoxy) is 1. The predicted octanol–water partition coefficient (Wildman–Crippen LogP) is 1.75. The molecule has 0 fully saturated rings. The Morgan fingerprint density at radius 1 is 1.16 bits per heavy atom. The van der Waals surface area contributed by atoms with E-state index in [1.807, 2.05) is 30.3 Å². The fourth-order valence-electron chi connectivity index (χ4n) is 2.32. The Morgan fingerprint density at radius 3 is 2.56 bits per heavy atom. The van der Waals surface area contributed by atoms with Crippen LogP contribution in [0.1, 0.15) is 0 Å². The third-order valence-electron chi connectivity index (χ3n) is 3.55. The maximum absolute atomic E-state index is 12.3. The molecule has 1 heterocycles. The zero-order valence-corrected chi connectivity index (χ0v) is 14.0. The summed E-state index contributed by atoms with van der Waals surface area (Å²) in [6, 6.07) is 16.6. The van der Waals surface area contributed by atoms with Crippen LogP contribution in [-0.2, 0) is 4.79 Å². The topological polar surface area (TPSA) is 85.2 Å². The van der Waals surface area contributed by atoms with E-state index in [-0.39, 0.29) is 12.5 Å². The molecule has 8 nitrogen and oxygen atoms in total. The Labute approximate surface area is 145 Å². The van der Waals surface area contributed by atoms with Gasteiger partial charge in [0.05, 0.1) is 19.3 Å². The molecule has 0 spiro atoms. The second kappa shape index (κ2) is 7.43. The first-order chi connectivity index (χ1) is 12.2. The molecule has 0 aliphatic rings. The molecule has 0 unspecified atom stereocenters. The van der Waals surface area contributed by atoms with E-state index in [0.717, 1.165) is 11.4 Å². The van der Waals surface area contributed by atoms with Gasteiger partial charge in [-0.05, 0) is 46.8 Å². The number of likely N-dealkylation sites (N-methyl/N-ethyl adjacent to an activating group) is 1. The highest BCUT2D eigenvalue weighted by atomic mass is 16.5. The standard InChI is InChI=1S/C17H18N6O2/c1-22(12-16(24)18-13-8-10-15(25-2)11-9-13)17-19-20-21-23(17)14-6-4-3-5-7-14/h3-11H,12H2,1-2H3,(H,18,24). The number of carbonyl (C=O) groups excluding carboxylic acids is 1. The normalized spacial score (nSPS) is 10.3. The molecule has 8 heteroatoms. The lowest BCUT2D eigenvalue weighted by Crippen LogP contribution is -2.31. The van der Waals surface area contributed by atoms with Crippen LogP contribution in [0, 0.1) is 0 Å². The molecule has 0 saturated heterocycles. The zero-order chi connectivity index (χ0) is 17.6. The number of hydrogen-bond acceptors (Lipinski definition) is 6. The predicted molar refractivity (Wildman–Crippen MR) is 94.0 cm³/mol. The van der Waals surface area contributed by atoms with Gasteiger partial charge in [0.2, 0.25) is 5.91 Å². The number of amides is 1. The minimum atomic E-state index is -0.171. The van der Waals surface area contributed by atoms with Crippen LogP contribution in [0.2, 0.25) is 0 Å². The molecule has 0 bridgehead atoms. The monoisotopic (exact) mass is 338 g/mol. The first kappa shape index (κ1) is 16.4. The Balaban J connectivity index is 1.67. The van der Waals surface area contributed by atoms with E-state index in [1.54, 1.807) is 48.0 Å². The zero-order valence-electron chi connectivity index (χ0n) is 14.0. The van der Waals surface area contributed by atoms with Gasteiger partial charge in [-0.25, -0.2) is 0 Å². The smallest absolute Gasteiger partial charge is 0.250 e. The average Bonchev–Trinajstić information content (AvgIpc) is 3.13. The van der Waals surface area contributed by atoms with Gasteiger partial charge in [0.25, 0.3) is 5.95 Å². The number of methoxy groups -OCH3 is 1. The molecular formula is C17H18N6O2. The molecular weight excluding hydrogens is 320 g/mol. The molecule has 1 amide bonds. The maximum atomic E-state index is 12.3. The van der Waals surface area contributed by atoms with Gasteiger partial charge in [-0.2, -0.15) is 4.68 Å². The number of anilines is 2. The Morgan fingerprint density at radius 2 is 1.88 bits per heavy atom. The summed E-state index contributed by atoms with van der Waals surface area (Å²) in [5.74, 6) is 1.04. The summed E-state index contributed by atoms with van der Waals surface area (Å²) >= 11 is 0. The van der Waals surface area contributed by atoms with Crippen molar-refractivity contribution < 1.29 is 9.53 Å². The van der Waals surface area contributed by atoms with E-state index in [0.29, 0.717) is 11.6 Å². The summed E-state index contributed by atoms with van der Waals surface area (Å²) in [6.07, 6.45) is 0. The molecule has 25 heavy (non-hydrogen) atoms. The number of rotatable bonds is 6. The van der Waals surface area contributed by atoms with Crippen molar-refractivity contribution in [2.75, 3.05) is 30.9 Å². The van der Waals surface area contributed by atoms with Crippen molar-refractivity contribution in [3.8, 4) is 11.4 Å². The fourth-order valence-corrected chi connectivity index (χ4v) is 2.32. The highest BCUT2D eigenvalue weighted by Crippen LogP contribution is 2.16. The van der Waals surface area contributed by atoms with Gasteiger partial charge in [-0.15, -0.1) is 0 Å². The molecule has 0 atom stereocenters. The molecule has 1 N–H and O–H groups in total. The van der Waals surface area contributed by atoms with Crippen LogP contribution >= 0.6 is 0 Å². The van der Waals surface area contributed by atoms with Gasteiger partial charge < -0.3 is 15.0 Å². The molecule has 0 aliphatic carbocycles. The summed E-state index contributed by atoms with van der Waals surface area (Å²) in [5, 5.41) is 14.5. The summed E-state index contributed by atoms with van der Waals surface area (Å²) < 4.78 is 6.68. The van der Waals surface area contributed by atoms with Gasteiger partial charge in [0.1, 0.15) is 5.75 Å². The van der Waals surface area contributed by atoms with Crippen molar-refractivity contribution in [2.24, 2.45) is 0 Å². The van der Waals surface area contributed by atoms with E-state index in [9.17, 15) is 4.79 Å². The Kier molecular flexibility index (Phi) is 4.89. The molecule has 0 saturated carbocycles. The molecule has 3 rings (SSSR count). The molecule has 2 aromatic carbocycles. The third kappa shape index (κ3) is 3.92. The van der Waals surface area contributed by atoms with E-state index in [1.165, 1.54) is 0 Å². The van der Waals surface area contributed by atoms with Crippen molar-refractivity contribution in [3.63, 3.8) is 0 Å². The average molecular weight is 338 g/mol. The van der Waals surface area contributed by atoms with Crippen molar-refractivity contribution >= 4 is 17.5 Å². The van der Waals surface area contributed by atoms with Crippen LogP contribution in [0.3, 0.4) is 0 Å². The van der Waals surface area contributed by atoms with Gasteiger partial charge >= 0.3 is 0 Å². The van der Waals surface area contributed by atoms with E-state index in [2.05, 4.69) is 20.8 Å². The SMILES string of the molecule is COc1ccc(NC(=O)CN(C)c2nnnn2-c2ccccc2)cc1. The van der Waals surface area contributed by atoms with Crippen molar-refractivity contribution in [3.05, 3.63) is 54.6 Å². The lowest BCUT2D eigenvalue weighted by atomic mass is 10.3. The largest absolute Gasteiger partial charge is 0.497 e. The van der Waals surface area contributed by atoms with Gasteiger partial charge in [-0.1, -0.05) is 23.3 Å². The van der Waals surface area contributed by atoms with E-state index >= 15 is 0 Å². The second-order valence-electron chi connectivity index (χ2n) is 5.36. The fraction of sp³-hybridized carbons (Fsp3) is 0.176. The van der Waals surface area contributed by atoms with Crippen LogP contribution in [-0.4, -0.2) is 46.8 Å². The first-order valence-corrected chi connectivity index (χ1v) is 7.66. The first-order valence-electron chi connectivity index (χ1n) is 7.66. The molecule has 128 valence electrons. The summed E-state index contributed by atoms with van der Waals surface area (Å²) in [5.41, 5.74) is 1.52. The summed E-state index contributed by atoms with van der Waals surface area (Å²) in [6.45, 7) is 0.110. The van der Waals surface area contributed by atoms with Crippen LogP contribution in [0.15, 0.2) is 54.6 Å². The molecule has 0 radical (unpaired) electrons.